The van der Waals surface area contributed by atoms with Gasteiger partial charge in [0.25, 0.3) is 5.56 Å². The fourth-order valence-corrected chi connectivity index (χ4v) is 6.43. The minimum Gasteiger partial charge on any atom is -0.468 e. The van der Waals surface area contributed by atoms with E-state index in [-0.39, 0.29) is 22.7 Å². The number of aryl methyl sites for hydroxylation is 2. The summed E-state index contributed by atoms with van der Waals surface area (Å²) in [5.41, 5.74) is 3.16. The van der Waals surface area contributed by atoms with Crippen LogP contribution in [0.3, 0.4) is 0 Å². The normalized spacial score (nSPS) is 16.4. The van der Waals surface area contributed by atoms with Gasteiger partial charge >= 0.3 is 5.97 Å². The number of esters is 1. The topological polar surface area (TPSA) is 61.2 Å². The number of hydrogen-bond donors (Lipinski definition) is 0. The second-order valence-electron chi connectivity index (χ2n) is 9.18. The first kappa shape index (κ1) is 22.1. The molecular weight excluding hydrogens is 428 g/mol. The van der Waals surface area contributed by atoms with Gasteiger partial charge in [0.15, 0.2) is 5.16 Å². The number of carbonyl (C=O) groups excluding carboxylic acids is 1. The summed E-state index contributed by atoms with van der Waals surface area (Å²) in [7, 11) is 1.37. The molecule has 0 spiro atoms. The number of para-hydroxylation sites is 1. The number of fused-ring (bicyclic) bond motifs is 3. The van der Waals surface area contributed by atoms with Crippen LogP contribution in [0.2, 0.25) is 0 Å². The van der Waals surface area contributed by atoms with Gasteiger partial charge in [0.05, 0.1) is 23.9 Å². The zero-order chi connectivity index (χ0) is 22.3. The van der Waals surface area contributed by atoms with Crippen LogP contribution in [0, 0.1) is 18.3 Å². The Bertz CT molecular complexity index is 1200. The molecule has 0 N–H and O–H groups in total. The lowest BCUT2D eigenvalue weighted by Crippen LogP contribution is -2.27. The molecule has 5 nitrogen and oxygen atoms in total. The number of rotatable bonds is 4. The molecule has 0 bridgehead atoms. The SMILES string of the molecule is COC(=O)CSc1nc2sc3c(c2c(=O)n1-c1ccccc1C)CCC(C(C)(C)C)C3. The molecule has 0 aliphatic heterocycles. The van der Waals surface area contributed by atoms with E-state index < -0.39 is 0 Å². The lowest BCUT2D eigenvalue weighted by molar-refractivity contribution is -0.137. The van der Waals surface area contributed by atoms with Crippen LogP contribution in [0.4, 0.5) is 0 Å². The van der Waals surface area contributed by atoms with Crippen LogP contribution in [0.25, 0.3) is 15.9 Å². The van der Waals surface area contributed by atoms with Crippen molar-refractivity contribution in [2.75, 3.05) is 12.9 Å². The van der Waals surface area contributed by atoms with Gasteiger partial charge in [0.1, 0.15) is 4.83 Å². The van der Waals surface area contributed by atoms with E-state index in [0.29, 0.717) is 11.1 Å². The zero-order valence-electron chi connectivity index (χ0n) is 18.7. The van der Waals surface area contributed by atoms with Gasteiger partial charge in [0, 0.05) is 4.88 Å². The van der Waals surface area contributed by atoms with Crippen molar-refractivity contribution in [1.29, 1.82) is 0 Å². The molecule has 4 rings (SSSR count). The van der Waals surface area contributed by atoms with E-state index in [2.05, 4.69) is 20.8 Å². The highest BCUT2D eigenvalue weighted by molar-refractivity contribution is 7.99. The highest BCUT2D eigenvalue weighted by atomic mass is 32.2. The summed E-state index contributed by atoms with van der Waals surface area (Å²) in [5.74, 6) is 0.367. The van der Waals surface area contributed by atoms with Gasteiger partial charge in [-0.05, 0) is 54.7 Å². The van der Waals surface area contributed by atoms with Crippen molar-refractivity contribution in [1.82, 2.24) is 9.55 Å². The standard InChI is InChI=1S/C24H28N2O3S2/c1-14-8-6-7-9-17(14)26-22(28)20-16-11-10-15(24(2,3)4)12-18(16)31-21(20)25-23(26)30-13-19(27)29-5/h6-9,15H,10-13H2,1-5H3. The highest BCUT2D eigenvalue weighted by Gasteiger charge is 2.32. The van der Waals surface area contributed by atoms with Crippen LogP contribution in [-0.2, 0) is 22.4 Å². The lowest BCUT2D eigenvalue weighted by Gasteiger charge is -2.33. The van der Waals surface area contributed by atoms with Crippen LogP contribution >= 0.6 is 23.1 Å². The van der Waals surface area contributed by atoms with Crippen molar-refractivity contribution in [2.24, 2.45) is 11.3 Å². The number of methoxy groups -OCH3 is 1. The smallest absolute Gasteiger partial charge is 0.316 e. The lowest BCUT2D eigenvalue weighted by atomic mass is 9.72. The summed E-state index contributed by atoms with van der Waals surface area (Å²) in [6.07, 6.45) is 3.00. The average Bonchev–Trinajstić information content (AvgIpc) is 3.10. The first-order valence-corrected chi connectivity index (χ1v) is 12.3. The molecule has 2 aromatic heterocycles. The van der Waals surface area contributed by atoms with Gasteiger partial charge in [0.2, 0.25) is 0 Å². The molecule has 0 amide bonds. The highest BCUT2D eigenvalue weighted by Crippen LogP contribution is 2.42. The van der Waals surface area contributed by atoms with Crippen LogP contribution in [0.15, 0.2) is 34.2 Å². The summed E-state index contributed by atoms with van der Waals surface area (Å²) in [4.78, 5) is 32.6. The molecular formula is C24H28N2O3S2. The fraction of sp³-hybridized carbons (Fsp3) is 0.458. The van der Waals surface area contributed by atoms with Gasteiger partial charge in [-0.25, -0.2) is 4.98 Å². The summed E-state index contributed by atoms with van der Waals surface area (Å²) in [5, 5.41) is 1.28. The number of ether oxygens (including phenoxy) is 1. The Hall–Kier alpha value is -2.12. The first-order valence-electron chi connectivity index (χ1n) is 10.5. The third kappa shape index (κ3) is 4.17. The maximum Gasteiger partial charge on any atom is 0.316 e. The molecule has 7 heteroatoms. The van der Waals surface area contributed by atoms with E-state index in [4.69, 9.17) is 9.72 Å². The van der Waals surface area contributed by atoms with Crippen LogP contribution < -0.4 is 5.56 Å². The maximum atomic E-state index is 13.8. The number of nitrogens with zero attached hydrogens (tertiary/aromatic N) is 2. The summed E-state index contributed by atoms with van der Waals surface area (Å²) in [6.45, 7) is 8.86. The van der Waals surface area contributed by atoms with Gasteiger partial charge < -0.3 is 4.74 Å². The molecule has 0 radical (unpaired) electrons. The second-order valence-corrected chi connectivity index (χ2v) is 11.2. The van der Waals surface area contributed by atoms with E-state index in [9.17, 15) is 9.59 Å². The van der Waals surface area contributed by atoms with E-state index in [1.807, 2.05) is 31.2 Å². The van der Waals surface area contributed by atoms with Gasteiger partial charge in [-0.3, -0.25) is 14.2 Å². The average molecular weight is 457 g/mol. The van der Waals surface area contributed by atoms with Crippen molar-refractivity contribution in [3.8, 4) is 5.69 Å². The van der Waals surface area contributed by atoms with Crippen LogP contribution in [-0.4, -0.2) is 28.4 Å². The largest absolute Gasteiger partial charge is 0.468 e. The maximum absolute atomic E-state index is 13.8. The number of benzene rings is 1. The Labute approximate surface area is 190 Å². The molecule has 1 aliphatic carbocycles. The summed E-state index contributed by atoms with van der Waals surface area (Å²) in [6, 6.07) is 7.79. The quantitative estimate of drug-likeness (QED) is 0.308. The van der Waals surface area contributed by atoms with E-state index in [1.165, 1.54) is 29.3 Å². The van der Waals surface area contributed by atoms with Crippen molar-refractivity contribution in [2.45, 2.75) is 52.1 Å². The van der Waals surface area contributed by atoms with Gasteiger partial charge in [-0.1, -0.05) is 50.7 Å². The van der Waals surface area contributed by atoms with Gasteiger partial charge in [-0.2, -0.15) is 0 Å². The molecule has 1 aromatic carbocycles. The number of aromatic nitrogens is 2. The van der Waals surface area contributed by atoms with E-state index in [0.717, 1.165) is 40.7 Å². The molecule has 1 aliphatic rings. The van der Waals surface area contributed by atoms with Crippen molar-refractivity contribution < 1.29 is 9.53 Å². The summed E-state index contributed by atoms with van der Waals surface area (Å²) < 4.78 is 6.47. The molecule has 3 aromatic rings. The second kappa shape index (κ2) is 8.43. The fourth-order valence-electron chi connectivity index (χ4n) is 4.25. The molecule has 0 saturated carbocycles. The number of hydrogen-bond acceptors (Lipinski definition) is 6. The number of thiophene rings is 1. The third-order valence-electron chi connectivity index (χ3n) is 6.18. The van der Waals surface area contributed by atoms with E-state index >= 15 is 0 Å². The Morgan fingerprint density at radius 1 is 1.32 bits per heavy atom. The molecule has 0 saturated heterocycles. The van der Waals surface area contributed by atoms with Crippen molar-refractivity contribution in [3.63, 3.8) is 0 Å². The Morgan fingerprint density at radius 3 is 2.74 bits per heavy atom. The predicted octanol–water partition coefficient (Wildman–Crippen LogP) is 5.17. The Balaban J connectivity index is 1.90. The molecule has 2 heterocycles. The predicted molar refractivity (Wildman–Crippen MR) is 128 cm³/mol. The molecule has 1 atom stereocenters. The molecule has 1 unspecified atom stereocenters. The molecule has 164 valence electrons. The molecule has 31 heavy (non-hydrogen) atoms. The van der Waals surface area contributed by atoms with E-state index in [1.54, 1.807) is 15.9 Å². The van der Waals surface area contributed by atoms with Crippen LogP contribution in [0.5, 0.6) is 0 Å². The first-order chi connectivity index (χ1) is 14.7. The number of carbonyl (C=O) groups is 1. The third-order valence-corrected chi connectivity index (χ3v) is 8.24. The van der Waals surface area contributed by atoms with Gasteiger partial charge in [-0.15, -0.1) is 11.3 Å². The Kier molecular flexibility index (Phi) is 6.01. The van der Waals surface area contributed by atoms with Crippen molar-refractivity contribution >= 4 is 39.3 Å². The molecule has 0 fully saturated rings. The Morgan fingerprint density at radius 2 is 2.06 bits per heavy atom. The number of thioether (sulfide) groups is 1. The van der Waals surface area contributed by atoms with Crippen LogP contribution in [0.1, 0.15) is 43.2 Å². The minimum atomic E-state index is -0.339. The summed E-state index contributed by atoms with van der Waals surface area (Å²) >= 11 is 2.89. The zero-order valence-corrected chi connectivity index (χ0v) is 20.3. The van der Waals surface area contributed by atoms with Crippen molar-refractivity contribution in [3.05, 3.63) is 50.6 Å². The monoisotopic (exact) mass is 456 g/mol. The minimum absolute atomic E-state index is 0.0432.